The number of nitrogens with zero attached hydrogens (tertiary/aromatic N) is 4. The molecule has 0 saturated carbocycles. The first-order chi connectivity index (χ1) is 20.4. The van der Waals surface area contributed by atoms with Crippen molar-refractivity contribution >= 4 is 40.0 Å². The van der Waals surface area contributed by atoms with Crippen molar-refractivity contribution in [1.82, 2.24) is 15.0 Å². The van der Waals surface area contributed by atoms with Gasteiger partial charge in [-0.3, -0.25) is 4.79 Å². The van der Waals surface area contributed by atoms with Crippen LogP contribution in [-0.2, 0) is 16.0 Å². The van der Waals surface area contributed by atoms with E-state index >= 15 is 0 Å². The quantitative estimate of drug-likeness (QED) is 0.252. The predicted octanol–water partition coefficient (Wildman–Crippen LogP) is 5.87. The molecule has 2 amide bonds. The topological polar surface area (TPSA) is 122 Å². The van der Waals surface area contributed by atoms with Crippen molar-refractivity contribution in [3.05, 3.63) is 84.3 Å². The molecule has 212 valence electrons. The van der Waals surface area contributed by atoms with Gasteiger partial charge in [-0.15, -0.1) is 0 Å². The molecule has 2 N–H and O–H groups in total. The van der Waals surface area contributed by atoms with Crippen molar-refractivity contribution in [2.75, 3.05) is 41.8 Å². The SMILES string of the molecule is CC(=O)Cc1ccc(NC(=O)Nc2ccc(-c3nc(N4CCOCC4)c4ncc(-c5ccc(C)o5)cc4n3)cc2)cc1. The minimum Gasteiger partial charge on any atom is -0.461 e. The first-order valence-electron chi connectivity index (χ1n) is 13.8. The van der Waals surface area contributed by atoms with E-state index in [2.05, 4.69) is 15.5 Å². The van der Waals surface area contributed by atoms with E-state index in [9.17, 15) is 9.59 Å². The fourth-order valence-corrected chi connectivity index (χ4v) is 4.84. The molecule has 10 nitrogen and oxygen atoms in total. The summed E-state index contributed by atoms with van der Waals surface area (Å²) < 4.78 is 11.4. The lowest BCUT2D eigenvalue weighted by Gasteiger charge is -2.28. The minimum atomic E-state index is -0.370. The number of aromatic nitrogens is 3. The highest BCUT2D eigenvalue weighted by Crippen LogP contribution is 2.31. The van der Waals surface area contributed by atoms with Gasteiger partial charge >= 0.3 is 6.03 Å². The molecule has 6 rings (SSSR count). The van der Waals surface area contributed by atoms with Gasteiger partial charge in [-0.1, -0.05) is 12.1 Å². The van der Waals surface area contributed by atoms with E-state index < -0.39 is 0 Å². The molecular weight excluding hydrogens is 532 g/mol. The Balaban J connectivity index is 1.24. The number of carbonyl (C=O) groups is 2. The molecule has 3 aromatic heterocycles. The highest BCUT2D eigenvalue weighted by Gasteiger charge is 2.20. The van der Waals surface area contributed by atoms with Crippen LogP contribution in [0.1, 0.15) is 18.2 Å². The molecule has 1 aliphatic rings. The van der Waals surface area contributed by atoms with Crippen LogP contribution in [0.3, 0.4) is 0 Å². The summed E-state index contributed by atoms with van der Waals surface area (Å²) in [5.74, 6) is 2.97. The molecule has 42 heavy (non-hydrogen) atoms. The summed E-state index contributed by atoms with van der Waals surface area (Å²) in [5, 5.41) is 5.66. The molecule has 2 aromatic carbocycles. The largest absolute Gasteiger partial charge is 0.461 e. The average molecular weight is 563 g/mol. The summed E-state index contributed by atoms with van der Waals surface area (Å²) in [6.07, 6.45) is 2.16. The number of pyridine rings is 1. The van der Waals surface area contributed by atoms with E-state index in [0.717, 1.165) is 39.5 Å². The molecule has 1 fully saturated rings. The number of rotatable bonds is 7. The Morgan fingerprint density at radius 3 is 2.21 bits per heavy atom. The Bertz CT molecular complexity index is 1740. The number of nitrogens with one attached hydrogen (secondary N) is 2. The second-order valence-corrected chi connectivity index (χ2v) is 10.2. The van der Waals surface area contributed by atoms with Gasteiger partial charge in [0.05, 0.1) is 18.7 Å². The molecule has 0 spiro atoms. The maximum atomic E-state index is 12.6. The van der Waals surface area contributed by atoms with Gasteiger partial charge < -0.3 is 24.7 Å². The predicted molar refractivity (Wildman–Crippen MR) is 162 cm³/mol. The first-order valence-corrected chi connectivity index (χ1v) is 13.8. The monoisotopic (exact) mass is 562 g/mol. The Hall–Kier alpha value is -5.09. The molecule has 0 aliphatic carbocycles. The lowest BCUT2D eigenvalue weighted by Crippen LogP contribution is -2.37. The van der Waals surface area contributed by atoms with Gasteiger partial charge in [-0.2, -0.15) is 0 Å². The second-order valence-electron chi connectivity index (χ2n) is 10.2. The Morgan fingerprint density at radius 2 is 1.57 bits per heavy atom. The molecule has 0 atom stereocenters. The number of carbonyl (C=O) groups excluding carboxylic acids is 2. The van der Waals surface area contributed by atoms with Gasteiger partial charge in [0.1, 0.15) is 22.8 Å². The summed E-state index contributed by atoms with van der Waals surface area (Å²) in [5.41, 5.74) is 5.23. The molecule has 0 radical (unpaired) electrons. The highest BCUT2D eigenvalue weighted by atomic mass is 16.5. The van der Waals surface area contributed by atoms with Crippen molar-refractivity contribution in [3.8, 4) is 22.7 Å². The zero-order valence-electron chi connectivity index (χ0n) is 23.4. The second kappa shape index (κ2) is 11.8. The summed E-state index contributed by atoms with van der Waals surface area (Å²) in [7, 11) is 0. The van der Waals surface area contributed by atoms with Crippen LogP contribution >= 0.6 is 0 Å². The van der Waals surface area contributed by atoms with Gasteiger partial charge in [0.2, 0.25) is 0 Å². The molecule has 0 bridgehead atoms. The number of ketones is 1. The van der Waals surface area contributed by atoms with Crippen LogP contribution in [0, 0.1) is 6.92 Å². The maximum absolute atomic E-state index is 12.6. The average Bonchev–Trinajstić information content (AvgIpc) is 3.44. The number of anilines is 3. The number of morpholine rings is 1. The number of ether oxygens (including phenoxy) is 1. The van der Waals surface area contributed by atoms with Gasteiger partial charge in [-0.25, -0.2) is 19.7 Å². The van der Waals surface area contributed by atoms with Crippen LogP contribution in [0.4, 0.5) is 22.0 Å². The molecule has 1 aliphatic heterocycles. The number of amides is 2. The summed E-state index contributed by atoms with van der Waals surface area (Å²) in [6.45, 7) is 6.13. The number of aryl methyl sites for hydroxylation is 1. The summed E-state index contributed by atoms with van der Waals surface area (Å²) in [6, 6.07) is 20.0. The van der Waals surface area contributed by atoms with Crippen molar-refractivity contribution in [1.29, 1.82) is 0 Å². The van der Waals surface area contributed by atoms with Crippen molar-refractivity contribution in [2.45, 2.75) is 20.3 Å². The lowest BCUT2D eigenvalue weighted by molar-refractivity contribution is -0.116. The zero-order valence-corrected chi connectivity index (χ0v) is 23.4. The Labute approximate surface area is 242 Å². The molecule has 10 heteroatoms. The van der Waals surface area contributed by atoms with E-state index in [-0.39, 0.29) is 11.8 Å². The van der Waals surface area contributed by atoms with E-state index in [4.69, 9.17) is 24.1 Å². The van der Waals surface area contributed by atoms with Crippen molar-refractivity contribution < 1.29 is 18.7 Å². The minimum absolute atomic E-state index is 0.0914. The normalized spacial score (nSPS) is 13.2. The molecule has 5 aromatic rings. The number of urea groups is 1. The van der Waals surface area contributed by atoms with Gasteiger partial charge in [0.15, 0.2) is 11.6 Å². The summed E-state index contributed by atoms with van der Waals surface area (Å²) >= 11 is 0. The van der Waals surface area contributed by atoms with E-state index in [1.807, 2.05) is 61.5 Å². The first kappa shape index (κ1) is 27.1. The standard InChI is InChI=1S/C32H30N6O4/c1-20(39)17-22-4-8-25(9-5-22)34-32(40)35-26-10-6-23(7-11-26)30-36-27-18-24(28-12-3-21(2)42-28)19-33-29(27)31(37-30)38-13-15-41-16-14-38/h3-12,18-19H,13-17H2,1-2H3,(H2,34,35,40). The van der Waals surface area contributed by atoms with E-state index in [0.29, 0.717) is 55.4 Å². The number of benzene rings is 2. The van der Waals surface area contributed by atoms with E-state index in [1.165, 1.54) is 0 Å². The molecule has 0 unspecified atom stereocenters. The van der Waals surface area contributed by atoms with Crippen molar-refractivity contribution in [2.24, 2.45) is 0 Å². The summed E-state index contributed by atoms with van der Waals surface area (Å²) in [4.78, 5) is 40.6. The van der Waals surface area contributed by atoms with Crippen LogP contribution in [-0.4, -0.2) is 53.1 Å². The lowest BCUT2D eigenvalue weighted by atomic mass is 10.1. The number of Topliss-reactive ketones (excluding diaryl/α,β-unsaturated/α-hetero) is 1. The third-order valence-corrected chi connectivity index (χ3v) is 6.92. The molecular formula is C32H30N6O4. The van der Waals surface area contributed by atoms with Crippen LogP contribution in [0.5, 0.6) is 0 Å². The molecule has 4 heterocycles. The van der Waals surface area contributed by atoms with Crippen LogP contribution in [0.2, 0.25) is 0 Å². The smallest absolute Gasteiger partial charge is 0.323 e. The maximum Gasteiger partial charge on any atom is 0.323 e. The molecule has 1 saturated heterocycles. The Kier molecular flexibility index (Phi) is 7.61. The third-order valence-electron chi connectivity index (χ3n) is 6.92. The van der Waals surface area contributed by atoms with Crippen molar-refractivity contribution in [3.63, 3.8) is 0 Å². The number of furan rings is 1. The van der Waals surface area contributed by atoms with Gasteiger partial charge in [0, 0.05) is 48.2 Å². The van der Waals surface area contributed by atoms with Gasteiger partial charge in [-0.05, 0) is 74.0 Å². The van der Waals surface area contributed by atoms with E-state index in [1.54, 1.807) is 25.3 Å². The third kappa shape index (κ3) is 6.13. The van der Waals surface area contributed by atoms with Crippen LogP contribution < -0.4 is 15.5 Å². The van der Waals surface area contributed by atoms with Crippen LogP contribution in [0.25, 0.3) is 33.7 Å². The highest BCUT2D eigenvalue weighted by molar-refractivity contribution is 6.00. The Morgan fingerprint density at radius 1 is 0.881 bits per heavy atom. The number of hydrogen-bond acceptors (Lipinski definition) is 8. The fraction of sp³-hybridized carbons (Fsp3) is 0.219. The zero-order chi connectivity index (χ0) is 29.1. The fourth-order valence-electron chi connectivity index (χ4n) is 4.84. The number of hydrogen-bond donors (Lipinski definition) is 2. The van der Waals surface area contributed by atoms with Crippen LogP contribution in [0.15, 0.2) is 77.3 Å². The number of fused-ring (bicyclic) bond motifs is 1. The van der Waals surface area contributed by atoms with Gasteiger partial charge in [0.25, 0.3) is 0 Å².